The predicted molar refractivity (Wildman–Crippen MR) is 225 cm³/mol. The lowest BCUT2D eigenvalue weighted by atomic mass is 9.73. The van der Waals surface area contributed by atoms with Crippen molar-refractivity contribution in [3.63, 3.8) is 0 Å². The normalized spacial score (nSPS) is 26.9. The van der Waals surface area contributed by atoms with Crippen LogP contribution in [0.25, 0.3) is 0 Å². The highest BCUT2D eigenvalue weighted by molar-refractivity contribution is 6.04. The van der Waals surface area contributed by atoms with Gasteiger partial charge in [-0.2, -0.15) is 0 Å². The van der Waals surface area contributed by atoms with Gasteiger partial charge in [-0.25, -0.2) is 4.79 Å². The van der Waals surface area contributed by atoms with Crippen LogP contribution in [0.2, 0.25) is 0 Å². The number of piperidine rings is 2. The molecule has 0 saturated carbocycles. The van der Waals surface area contributed by atoms with Crippen LogP contribution < -0.4 is 10.6 Å². The van der Waals surface area contributed by atoms with E-state index in [1.807, 2.05) is 17.2 Å². The number of benzene rings is 1. The van der Waals surface area contributed by atoms with Gasteiger partial charge in [-0.3, -0.25) is 9.79 Å². The molecule has 0 aliphatic carbocycles. The van der Waals surface area contributed by atoms with Crippen LogP contribution in [-0.2, 0) is 36.4 Å². The van der Waals surface area contributed by atoms with E-state index in [1.54, 1.807) is 0 Å². The summed E-state index contributed by atoms with van der Waals surface area (Å²) in [7, 11) is 0. The Morgan fingerprint density at radius 1 is 0.782 bits per heavy atom. The van der Waals surface area contributed by atoms with Crippen LogP contribution in [0.3, 0.4) is 0 Å². The quantitative estimate of drug-likeness (QED) is 0.186. The van der Waals surface area contributed by atoms with Gasteiger partial charge in [0.25, 0.3) is 0 Å². The number of phenols is 1. The summed E-state index contributed by atoms with van der Waals surface area (Å²) < 4.78 is 6.50. The van der Waals surface area contributed by atoms with E-state index in [4.69, 9.17) is 14.6 Å². The first kappa shape index (κ1) is 45.2. The molecule has 3 saturated heterocycles. The van der Waals surface area contributed by atoms with E-state index in [9.17, 15) is 5.11 Å². The van der Waals surface area contributed by atoms with E-state index < -0.39 is 17.4 Å². The average Bonchev–Trinajstić information content (AvgIpc) is 2.98. The summed E-state index contributed by atoms with van der Waals surface area (Å²) in [6.45, 7) is 32.8. The number of aromatic hydroxyl groups is 1. The first-order valence-electron chi connectivity index (χ1n) is 21.3. The van der Waals surface area contributed by atoms with Crippen LogP contribution in [-0.4, -0.2) is 68.8 Å². The maximum atomic E-state index is 15.3. The highest BCUT2D eigenvalue weighted by atomic mass is 16.7. The van der Waals surface area contributed by atoms with E-state index in [0.717, 1.165) is 68.1 Å². The third kappa shape index (κ3) is 11.8. The first-order chi connectivity index (χ1) is 25.1. The van der Waals surface area contributed by atoms with Gasteiger partial charge >= 0.3 is 11.9 Å². The fourth-order valence-corrected chi connectivity index (χ4v) is 9.89. The van der Waals surface area contributed by atoms with Gasteiger partial charge < -0.3 is 25.3 Å². The molecule has 1 atom stereocenters. The lowest BCUT2D eigenvalue weighted by Crippen LogP contribution is -2.62. The number of esters is 1. The van der Waals surface area contributed by atoms with Crippen LogP contribution in [0.4, 0.5) is 0 Å². The molecule has 0 amide bonds. The molecule has 4 rings (SSSR count). The Bertz CT molecular complexity index is 1500. The van der Waals surface area contributed by atoms with Gasteiger partial charge in [-0.05, 0) is 134 Å². The molecular weight excluding hydrogens is 689 g/mol. The lowest BCUT2D eigenvalue weighted by molar-refractivity contribution is -0.223. The van der Waals surface area contributed by atoms with Gasteiger partial charge in [0.1, 0.15) is 5.75 Å². The van der Waals surface area contributed by atoms with E-state index in [1.165, 1.54) is 0 Å². The van der Waals surface area contributed by atoms with Crippen molar-refractivity contribution in [3.8, 4) is 5.75 Å². The number of carbonyl (C=O) groups excluding carboxylic acids is 2. The summed E-state index contributed by atoms with van der Waals surface area (Å²) in [5.74, 6) is -0.467. The molecule has 9 heteroatoms. The van der Waals surface area contributed by atoms with E-state index >= 15 is 9.59 Å². The number of aliphatic imine (C=N–C) groups is 1. The number of nitrogens with zero attached hydrogens (tertiary/aromatic N) is 2. The molecule has 0 spiro atoms. The number of hydrogen-bond acceptors (Lipinski definition) is 9. The number of rotatable bonds is 7. The van der Waals surface area contributed by atoms with Crippen LogP contribution in [0.1, 0.15) is 191 Å². The van der Waals surface area contributed by atoms with Crippen LogP contribution in [0.15, 0.2) is 17.1 Å². The third-order valence-corrected chi connectivity index (χ3v) is 11.8. The summed E-state index contributed by atoms with van der Waals surface area (Å²) in [5, 5.41) is 21.0. The SMILES string of the molecule is CCCCC1(Cc2cc(C(C)(C)C)c(O)c(C(C)(C)C)c2)C(=O)OC(=NC2CC(C)(C)NC(C)(C)C2)CCCCCN(C2CC(C)(C)NC(C)(C)C2)OC1=O. The van der Waals surface area contributed by atoms with Gasteiger partial charge in [0.15, 0.2) is 11.3 Å². The molecule has 1 aromatic rings. The van der Waals surface area contributed by atoms with Gasteiger partial charge in [-0.1, -0.05) is 79.9 Å². The van der Waals surface area contributed by atoms with Crippen molar-refractivity contribution in [1.82, 2.24) is 15.7 Å². The Kier molecular flexibility index (Phi) is 13.5. The molecule has 1 unspecified atom stereocenters. The molecule has 3 fully saturated rings. The largest absolute Gasteiger partial charge is 0.507 e. The van der Waals surface area contributed by atoms with Crippen molar-refractivity contribution in [2.24, 2.45) is 10.4 Å². The maximum absolute atomic E-state index is 15.3. The zero-order valence-corrected chi connectivity index (χ0v) is 37.5. The highest BCUT2D eigenvalue weighted by Gasteiger charge is 2.52. The number of hydrogen-bond donors (Lipinski definition) is 3. The first-order valence-corrected chi connectivity index (χ1v) is 21.3. The zero-order valence-electron chi connectivity index (χ0n) is 37.5. The van der Waals surface area contributed by atoms with Crippen molar-refractivity contribution < 1.29 is 24.3 Å². The van der Waals surface area contributed by atoms with Crippen LogP contribution in [0.5, 0.6) is 5.75 Å². The number of hydroxylamine groups is 2. The van der Waals surface area contributed by atoms with Crippen molar-refractivity contribution in [1.29, 1.82) is 0 Å². The lowest BCUT2D eigenvalue weighted by Gasteiger charge is -2.49. The summed E-state index contributed by atoms with van der Waals surface area (Å²) in [5.41, 5.74) is -0.611. The second-order valence-electron chi connectivity index (χ2n) is 22.1. The van der Waals surface area contributed by atoms with Gasteiger partial charge in [0.2, 0.25) is 0 Å². The molecule has 0 radical (unpaired) electrons. The minimum absolute atomic E-state index is 0.0181. The second kappa shape index (κ2) is 16.4. The van der Waals surface area contributed by atoms with E-state index in [2.05, 4.69) is 114 Å². The molecule has 312 valence electrons. The maximum Gasteiger partial charge on any atom is 0.342 e. The third-order valence-electron chi connectivity index (χ3n) is 11.8. The molecule has 3 N–H and O–H groups in total. The number of nitrogens with one attached hydrogen (secondary N) is 2. The number of carbonyl (C=O) groups is 2. The molecule has 3 heterocycles. The molecule has 9 nitrogen and oxygen atoms in total. The fraction of sp³-hybridized carbons (Fsp3) is 0.804. The Morgan fingerprint density at radius 3 is 1.78 bits per heavy atom. The van der Waals surface area contributed by atoms with Gasteiger partial charge in [-0.15, -0.1) is 5.06 Å². The highest BCUT2D eigenvalue weighted by Crippen LogP contribution is 2.43. The molecule has 0 aromatic heterocycles. The van der Waals surface area contributed by atoms with Crippen LogP contribution in [0, 0.1) is 5.41 Å². The standard InChI is InChI=1S/C46H78N4O5/c1-16-17-22-46(26-31-24-34(40(2,3)4)37(51)35(25-31)41(5,6)7)38(52)54-36(47-32-27-42(8,9)48-43(10,11)28-32)21-19-18-20-23-50(55-39(46)53)33-29-44(12,13)49-45(14,15)30-33/h24-25,32-33,48-49,51H,16-23,26-30H2,1-15H3. The summed E-state index contributed by atoms with van der Waals surface area (Å²) in [4.78, 5) is 42.3. The number of cyclic esters (lactones) is 1. The van der Waals surface area contributed by atoms with E-state index in [-0.39, 0.29) is 63.7 Å². The number of phenolic OH excluding ortho intramolecular Hbond substituents is 1. The van der Waals surface area contributed by atoms with E-state index in [0.29, 0.717) is 25.3 Å². The summed E-state index contributed by atoms with van der Waals surface area (Å²) in [6, 6.07) is 3.93. The molecular formula is C46H78N4O5. The Balaban J connectivity index is 1.89. The minimum Gasteiger partial charge on any atom is -0.507 e. The summed E-state index contributed by atoms with van der Waals surface area (Å²) >= 11 is 0. The Hall–Kier alpha value is -2.49. The molecule has 0 bridgehead atoms. The second-order valence-corrected chi connectivity index (χ2v) is 22.1. The smallest absolute Gasteiger partial charge is 0.342 e. The van der Waals surface area contributed by atoms with Gasteiger partial charge in [0.05, 0.1) is 6.04 Å². The van der Waals surface area contributed by atoms with Crippen molar-refractivity contribution >= 4 is 17.8 Å². The zero-order chi connectivity index (χ0) is 41.4. The summed E-state index contributed by atoms with van der Waals surface area (Å²) in [6.07, 6.45) is 8.12. The van der Waals surface area contributed by atoms with Crippen molar-refractivity contribution in [2.75, 3.05) is 6.54 Å². The Labute approximate surface area is 334 Å². The molecule has 3 aliphatic heterocycles. The van der Waals surface area contributed by atoms with Gasteiger partial charge in [0, 0.05) is 41.2 Å². The number of ether oxygens (including phenoxy) is 1. The van der Waals surface area contributed by atoms with Crippen molar-refractivity contribution in [2.45, 2.75) is 226 Å². The predicted octanol–water partition coefficient (Wildman–Crippen LogP) is 9.60. The number of unbranched alkanes of at least 4 members (excludes halogenated alkanes) is 1. The van der Waals surface area contributed by atoms with Crippen LogP contribution >= 0.6 is 0 Å². The molecule has 3 aliphatic rings. The van der Waals surface area contributed by atoms with Crippen molar-refractivity contribution in [3.05, 3.63) is 28.8 Å². The monoisotopic (exact) mass is 767 g/mol. The Morgan fingerprint density at radius 2 is 1.29 bits per heavy atom. The fourth-order valence-electron chi connectivity index (χ4n) is 9.89. The average molecular weight is 767 g/mol. The minimum atomic E-state index is -1.64. The molecule has 1 aromatic carbocycles. The topological polar surface area (TPSA) is 112 Å². The molecule has 55 heavy (non-hydrogen) atoms.